The second-order valence-electron chi connectivity index (χ2n) is 5.48. The van der Waals surface area contributed by atoms with Crippen LogP contribution in [0.15, 0.2) is 67.0 Å². The number of carbonyl (C=O) groups is 1. The van der Waals surface area contributed by atoms with Crippen molar-refractivity contribution in [1.82, 2.24) is 9.55 Å². The van der Waals surface area contributed by atoms with Crippen LogP contribution in [0.5, 0.6) is 5.75 Å². The van der Waals surface area contributed by atoms with Crippen LogP contribution in [-0.4, -0.2) is 27.7 Å². The van der Waals surface area contributed by atoms with Crippen molar-refractivity contribution >= 4 is 11.6 Å². The topological polar surface area (TPSA) is 76.4 Å². The lowest BCUT2D eigenvalue weighted by atomic mass is 10.1. The molecule has 0 aliphatic heterocycles. The Morgan fingerprint density at radius 1 is 1.20 bits per heavy atom. The van der Waals surface area contributed by atoms with E-state index in [1.54, 1.807) is 36.2 Å². The standard InChI is InChI=1S/C19H19N3O3/c1-25-16-10-6-5-9-15(16)21-17(23)13-22-12-11-20-19(22)18(24)14-7-3-2-4-8-14/h2-12,18,24H,13H2,1H3,(H,21,23). The molecule has 0 saturated heterocycles. The fourth-order valence-electron chi connectivity index (χ4n) is 2.58. The van der Waals surface area contributed by atoms with E-state index in [1.807, 2.05) is 42.5 Å². The molecule has 1 heterocycles. The van der Waals surface area contributed by atoms with Gasteiger partial charge < -0.3 is 19.7 Å². The highest BCUT2D eigenvalue weighted by atomic mass is 16.5. The summed E-state index contributed by atoms with van der Waals surface area (Å²) in [7, 11) is 1.55. The van der Waals surface area contributed by atoms with Crippen molar-refractivity contribution in [3.05, 3.63) is 78.4 Å². The Kier molecular flexibility index (Phi) is 5.11. The van der Waals surface area contributed by atoms with Gasteiger partial charge in [-0.25, -0.2) is 4.98 Å². The highest BCUT2D eigenvalue weighted by Crippen LogP contribution is 2.23. The van der Waals surface area contributed by atoms with Crippen molar-refractivity contribution in [1.29, 1.82) is 0 Å². The van der Waals surface area contributed by atoms with E-state index in [4.69, 9.17) is 4.74 Å². The number of aliphatic hydroxyl groups excluding tert-OH is 1. The molecule has 6 heteroatoms. The fourth-order valence-corrected chi connectivity index (χ4v) is 2.58. The lowest BCUT2D eigenvalue weighted by Gasteiger charge is -2.14. The van der Waals surface area contributed by atoms with E-state index >= 15 is 0 Å². The van der Waals surface area contributed by atoms with Crippen LogP contribution in [0.3, 0.4) is 0 Å². The number of hydrogen-bond acceptors (Lipinski definition) is 4. The van der Waals surface area contributed by atoms with E-state index in [2.05, 4.69) is 10.3 Å². The maximum absolute atomic E-state index is 12.4. The predicted molar refractivity (Wildman–Crippen MR) is 94.4 cm³/mol. The number of methoxy groups -OCH3 is 1. The molecular formula is C19H19N3O3. The molecule has 1 unspecified atom stereocenters. The minimum Gasteiger partial charge on any atom is -0.495 e. The molecule has 25 heavy (non-hydrogen) atoms. The predicted octanol–water partition coefficient (Wildman–Crippen LogP) is 2.61. The summed E-state index contributed by atoms with van der Waals surface area (Å²) in [6, 6.07) is 16.4. The van der Waals surface area contributed by atoms with Crippen LogP contribution in [0, 0.1) is 0 Å². The van der Waals surface area contributed by atoms with Crippen LogP contribution in [0.25, 0.3) is 0 Å². The zero-order valence-electron chi connectivity index (χ0n) is 13.8. The highest BCUT2D eigenvalue weighted by molar-refractivity contribution is 5.92. The van der Waals surface area contributed by atoms with Crippen LogP contribution in [-0.2, 0) is 11.3 Å². The Morgan fingerprint density at radius 2 is 1.92 bits per heavy atom. The minimum atomic E-state index is -0.893. The summed E-state index contributed by atoms with van der Waals surface area (Å²) in [5, 5.41) is 13.3. The molecule has 6 nitrogen and oxygen atoms in total. The Morgan fingerprint density at radius 3 is 2.68 bits per heavy atom. The number of rotatable bonds is 6. The Bertz CT molecular complexity index is 846. The van der Waals surface area contributed by atoms with Crippen LogP contribution in [0.1, 0.15) is 17.5 Å². The zero-order chi connectivity index (χ0) is 17.6. The molecule has 2 N–H and O–H groups in total. The van der Waals surface area contributed by atoms with Crippen molar-refractivity contribution in [2.24, 2.45) is 0 Å². The number of para-hydroxylation sites is 2. The van der Waals surface area contributed by atoms with Crippen LogP contribution >= 0.6 is 0 Å². The molecule has 0 radical (unpaired) electrons. The second kappa shape index (κ2) is 7.63. The summed E-state index contributed by atoms with van der Waals surface area (Å²) >= 11 is 0. The molecular weight excluding hydrogens is 318 g/mol. The molecule has 0 aliphatic carbocycles. The summed E-state index contributed by atoms with van der Waals surface area (Å²) in [4.78, 5) is 16.6. The first-order valence-electron chi connectivity index (χ1n) is 7.86. The van der Waals surface area contributed by atoms with Crippen molar-refractivity contribution in [3.8, 4) is 5.75 Å². The van der Waals surface area contributed by atoms with E-state index in [0.717, 1.165) is 5.56 Å². The number of carbonyl (C=O) groups excluding carboxylic acids is 1. The molecule has 0 bridgehead atoms. The monoisotopic (exact) mass is 337 g/mol. The van der Waals surface area contributed by atoms with Gasteiger partial charge in [-0.2, -0.15) is 0 Å². The van der Waals surface area contributed by atoms with Gasteiger partial charge in [0.1, 0.15) is 24.2 Å². The van der Waals surface area contributed by atoms with Gasteiger partial charge in [-0.05, 0) is 17.7 Å². The third-order valence-corrected chi connectivity index (χ3v) is 3.80. The highest BCUT2D eigenvalue weighted by Gasteiger charge is 2.17. The molecule has 1 aromatic heterocycles. The van der Waals surface area contributed by atoms with Gasteiger partial charge in [0, 0.05) is 12.4 Å². The fraction of sp³-hybridized carbons (Fsp3) is 0.158. The number of hydrogen-bond donors (Lipinski definition) is 2. The van der Waals surface area contributed by atoms with E-state index in [0.29, 0.717) is 17.3 Å². The molecule has 3 rings (SSSR count). The van der Waals surface area contributed by atoms with Gasteiger partial charge >= 0.3 is 0 Å². The molecule has 128 valence electrons. The SMILES string of the molecule is COc1ccccc1NC(=O)Cn1ccnc1C(O)c1ccccc1. The maximum Gasteiger partial charge on any atom is 0.244 e. The van der Waals surface area contributed by atoms with Crippen molar-refractivity contribution in [2.75, 3.05) is 12.4 Å². The summed E-state index contributed by atoms with van der Waals surface area (Å²) in [6.07, 6.45) is 2.34. The third-order valence-electron chi connectivity index (χ3n) is 3.80. The lowest BCUT2D eigenvalue weighted by Crippen LogP contribution is -2.21. The van der Waals surface area contributed by atoms with Gasteiger partial charge in [0.25, 0.3) is 0 Å². The average molecular weight is 337 g/mol. The molecule has 3 aromatic rings. The Hall–Kier alpha value is -3.12. The van der Waals surface area contributed by atoms with Gasteiger partial charge in [0.05, 0.1) is 12.8 Å². The number of anilines is 1. The van der Waals surface area contributed by atoms with E-state index < -0.39 is 6.10 Å². The summed E-state index contributed by atoms with van der Waals surface area (Å²) in [5.74, 6) is 0.774. The average Bonchev–Trinajstić information content (AvgIpc) is 3.10. The van der Waals surface area contributed by atoms with Crippen molar-refractivity contribution in [3.63, 3.8) is 0 Å². The number of benzene rings is 2. The van der Waals surface area contributed by atoms with Gasteiger partial charge in [-0.1, -0.05) is 42.5 Å². The Balaban J connectivity index is 1.74. The van der Waals surface area contributed by atoms with E-state index in [1.165, 1.54) is 0 Å². The maximum atomic E-state index is 12.4. The van der Waals surface area contributed by atoms with E-state index in [-0.39, 0.29) is 12.5 Å². The van der Waals surface area contributed by atoms with Gasteiger partial charge in [-0.3, -0.25) is 4.79 Å². The molecule has 0 saturated carbocycles. The van der Waals surface area contributed by atoms with Gasteiger partial charge in [0.2, 0.25) is 5.91 Å². The number of nitrogens with zero attached hydrogens (tertiary/aromatic N) is 2. The molecule has 0 spiro atoms. The number of ether oxygens (including phenoxy) is 1. The second-order valence-corrected chi connectivity index (χ2v) is 5.48. The van der Waals surface area contributed by atoms with E-state index in [9.17, 15) is 9.90 Å². The molecule has 0 fully saturated rings. The number of aliphatic hydroxyl groups is 1. The van der Waals surface area contributed by atoms with Crippen molar-refractivity contribution < 1.29 is 14.6 Å². The van der Waals surface area contributed by atoms with Gasteiger partial charge in [0.15, 0.2) is 0 Å². The number of nitrogens with one attached hydrogen (secondary N) is 1. The zero-order valence-corrected chi connectivity index (χ0v) is 13.8. The number of imidazole rings is 1. The third kappa shape index (κ3) is 3.87. The lowest BCUT2D eigenvalue weighted by molar-refractivity contribution is -0.116. The number of aromatic nitrogens is 2. The summed E-state index contributed by atoms with van der Waals surface area (Å²) < 4.78 is 6.85. The molecule has 1 atom stereocenters. The van der Waals surface area contributed by atoms with Crippen molar-refractivity contribution in [2.45, 2.75) is 12.6 Å². The minimum absolute atomic E-state index is 0.0390. The summed E-state index contributed by atoms with van der Waals surface area (Å²) in [6.45, 7) is 0.0390. The molecule has 2 aromatic carbocycles. The number of amides is 1. The smallest absolute Gasteiger partial charge is 0.244 e. The first-order chi connectivity index (χ1) is 12.2. The van der Waals surface area contributed by atoms with Crippen LogP contribution < -0.4 is 10.1 Å². The Labute approximate surface area is 145 Å². The first kappa shape index (κ1) is 16.7. The van der Waals surface area contributed by atoms with Crippen LogP contribution in [0.2, 0.25) is 0 Å². The largest absolute Gasteiger partial charge is 0.495 e. The first-order valence-corrected chi connectivity index (χ1v) is 7.86. The quantitative estimate of drug-likeness (QED) is 0.725. The molecule has 1 amide bonds. The normalized spacial score (nSPS) is 11.8. The molecule has 0 aliphatic rings. The summed E-state index contributed by atoms with van der Waals surface area (Å²) in [5.41, 5.74) is 1.32. The van der Waals surface area contributed by atoms with Crippen LogP contribution in [0.4, 0.5) is 5.69 Å². The van der Waals surface area contributed by atoms with Gasteiger partial charge in [-0.15, -0.1) is 0 Å².